The molecule has 0 saturated carbocycles. The Morgan fingerprint density at radius 1 is 1.06 bits per heavy atom. The average Bonchev–Trinajstić information content (AvgIpc) is 2.79. The zero-order chi connectivity index (χ0) is 25.6. The lowest BCUT2D eigenvalue weighted by Crippen LogP contribution is -2.53. The molecular weight excluding hydrogens is 506 g/mol. The average molecular weight is 533 g/mol. The van der Waals surface area contributed by atoms with E-state index in [1.54, 1.807) is 25.1 Å². The van der Waals surface area contributed by atoms with Crippen molar-refractivity contribution in [1.82, 2.24) is 14.5 Å². The molecule has 2 amide bonds. The summed E-state index contributed by atoms with van der Waals surface area (Å²) in [6.07, 6.45) is 0.254. The summed E-state index contributed by atoms with van der Waals surface area (Å²) in [4.78, 5) is 27.4. The molecule has 0 saturated heterocycles. The van der Waals surface area contributed by atoms with E-state index in [9.17, 15) is 22.4 Å². The van der Waals surface area contributed by atoms with Crippen LogP contribution in [0.15, 0.2) is 42.5 Å². The lowest BCUT2D eigenvalue weighted by Gasteiger charge is -2.34. The van der Waals surface area contributed by atoms with Crippen LogP contribution in [0.25, 0.3) is 0 Å². The number of hydrogen-bond donors (Lipinski definition) is 1. The molecule has 1 N–H and O–H groups in total. The van der Waals surface area contributed by atoms with Crippen LogP contribution >= 0.6 is 23.2 Å². The summed E-state index contributed by atoms with van der Waals surface area (Å²) in [5.41, 5.74) is 0.512. The molecular formula is C22H27Cl2FN4O4S. The van der Waals surface area contributed by atoms with Gasteiger partial charge in [0.25, 0.3) is 0 Å². The van der Waals surface area contributed by atoms with Gasteiger partial charge in [0.15, 0.2) is 0 Å². The molecule has 2 aromatic carbocycles. The molecule has 0 aliphatic rings. The number of rotatable bonds is 10. The number of halogens is 3. The number of likely N-dealkylation sites (N-methyl/N-ethyl adjacent to an activating group) is 1. The number of nitrogens with zero attached hydrogens (tertiary/aromatic N) is 3. The summed E-state index contributed by atoms with van der Waals surface area (Å²) in [7, 11) is -0.0620. The normalized spacial score (nSPS) is 12.4. The van der Waals surface area contributed by atoms with Gasteiger partial charge in [-0.2, -0.15) is 12.7 Å². The fourth-order valence-corrected chi connectivity index (χ4v) is 4.84. The number of carbonyl (C=O) groups excluding carboxylic acids is 2. The fourth-order valence-electron chi connectivity index (χ4n) is 3.26. The summed E-state index contributed by atoms with van der Waals surface area (Å²) in [5, 5.41) is 3.12. The first-order valence-corrected chi connectivity index (χ1v) is 12.5. The molecule has 0 radical (unpaired) electrons. The van der Waals surface area contributed by atoms with Gasteiger partial charge in [-0.3, -0.25) is 9.59 Å². The molecule has 8 nitrogen and oxygen atoms in total. The maximum atomic E-state index is 13.6. The van der Waals surface area contributed by atoms with Gasteiger partial charge in [-0.05, 0) is 42.8 Å². The largest absolute Gasteiger partial charge is 0.357 e. The molecule has 0 aliphatic heterocycles. The van der Waals surface area contributed by atoms with Crippen LogP contribution in [0.3, 0.4) is 0 Å². The van der Waals surface area contributed by atoms with E-state index in [0.29, 0.717) is 15.6 Å². The van der Waals surface area contributed by atoms with Crippen LogP contribution in [0.4, 0.5) is 10.1 Å². The second-order valence-corrected chi connectivity index (χ2v) is 10.4. The van der Waals surface area contributed by atoms with Crippen molar-refractivity contribution in [2.45, 2.75) is 25.9 Å². The third-order valence-corrected chi connectivity index (χ3v) is 7.68. The maximum Gasteiger partial charge on any atom is 0.304 e. The van der Waals surface area contributed by atoms with Crippen molar-refractivity contribution in [3.63, 3.8) is 0 Å². The van der Waals surface area contributed by atoms with Crippen LogP contribution in [0.2, 0.25) is 10.0 Å². The maximum absolute atomic E-state index is 13.6. The topological polar surface area (TPSA) is 90.0 Å². The first-order valence-electron chi connectivity index (χ1n) is 10.3. The van der Waals surface area contributed by atoms with E-state index in [2.05, 4.69) is 5.32 Å². The van der Waals surface area contributed by atoms with Crippen LogP contribution in [0.1, 0.15) is 18.9 Å². The minimum absolute atomic E-state index is 0.0900. The Hall–Kier alpha value is -2.40. The highest BCUT2D eigenvalue weighted by Crippen LogP contribution is 2.28. The van der Waals surface area contributed by atoms with Crippen LogP contribution < -0.4 is 9.62 Å². The number of amides is 2. The molecule has 0 aromatic heterocycles. The molecule has 0 fully saturated rings. The van der Waals surface area contributed by atoms with E-state index in [1.165, 1.54) is 38.2 Å². The Morgan fingerprint density at radius 3 is 2.09 bits per heavy atom. The molecule has 186 valence electrons. The van der Waals surface area contributed by atoms with Crippen molar-refractivity contribution in [3.05, 3.63) is 63.9 Å². The standard InChI is InChI=1S/C22H27Cl2FN4O4S/c1-5-20(22(31)26-2)28(13-17-18(23)7-6-8-19(17)24)21(30)14-29(34(32,33)27(3)4)16-11-9-15(25)10-12-16/h6-12,20H,5,13-14H2,1-4H3,(H,26,31)/t20-/m0/s1. The summed E-state index contributed by atoms with van der Waals surface area (Å²) in [5.74, 6) is -1.65. The predicted octanol–water partition coefficient (Wildman–Crippen LogP) is 3.30. The Bertz CT molecular complexity index is 1110. The lowest BCUT2D eigenvalue weighted by molar-refractivity contribution is -0.140. The lowest BCUT2D eigenvalue weighted by atomic mass is 10.1. The van der Waals surface area contributed by atoms with E-state index < -0.39 is 40.4 Å². The smallest absolute Gasteiger partial charge is 0.304 e. The van der Waals surface area contributed by atoms with Crippen molar-refractivity contribution in [1.29, 1.82) is 0 Å². The number of carbonyl (C=O) groups is 2. The highest BCUT2D eigenvalue weighted by atomic mass is 35.5. The summed E-state index contributed by atoms with van der Waals surface area (Å²) in [6, 6.07) is 8.65. The van der Waals surface area contributed by atoms with Gasteiger partial charge < -0.3 is 10.2 Å². The van der Waals surface area contributed by atoms with E-state index in [-0.39, 0.29) is 18.7 Å². The highest BCUT2D eigenvalue weighted by molar-refractivity contribution is 7.90. The van der Waals surface area contributed by atoms with Gasteiger partial charge in [-0.15, -0.1) is 0 Å². The minimum atomic E-state index is -4.14. The van der Waals surface area contributed by atoms with Crippen LogP contribution in [-0.2, 0) is 26.3 Å². The number of nitrogens with one attached hydrogen (secondary N) is 1. The SMILES string of the molecule is CC[C@@H](C(=O)NC)N(Cc1c(Cl)cccc1Cl)C(=O)CN(c1ccc(F)cc1)S(=O)(=O)N(C)C. The molecule has 12 heteroatoms. The van der Waals surface area contributed by atoms with E-state index >= 15 is 0 Å². The van der Waals surface area contributed by atoms with Crippen LogP contribution in [-0.4, -0.2) is 63.2 Å². The molecule has 0 aliphatic carbocycles. The number of hydrogen-bond acceptors (Lipinski definition) is 4. The van der Waals surface area contributed by atoms with Gasteiger partial charge in [0.05, 0.1) is 5.69 Å². The van der Waals surface area contributed by atoms with Gasteiger partial charge in [-0.25, -0.2) is 8.70 Å². The third-order valence-electron chi connectivity index (χ3n) is 5.16. The Morgan fingerprint density at radius 2 is 1.62 bits per heavy atom. The quantitative estimate of drug-likeness (QED) is 0.508. The first kappa shape index (κ1) is 27.8. The molecule has 0 heterocycles. The van der Waals surface area contributed by atoms with Gasteiger partial charge in [0.1, 0.15) is 18.4 Å². The summed E-state index contributed by atoms with van der Waals surface area (Å²) >= 11 is 12.6. The highest BCUT2D eigenvalue weighted by Gasteiger charge is 2.34. The summed E-state index contributed by atoms with van der Waals surface area (Å²) < 4.78 is 41.3. The molecule has 0 spiro atoms. The van der Waals surface area contributed by atoms with Crippen molar-refractivity contribution in [2.24, 2.45) is 0 Å². The van der Waals surface area contributed by atoms with Gasteiger partial charge in [0.2, 0.25) is 11.8 Å². The Balaban J connectivity index is 2.54. The van der Waals surface area contributed by atoms with E-state index in [0.717, 1.165) is 20.7 Å². The Labute approximate surface area is 209 Å². The summed E-state index contributed by atoms with van der Waals surface area (Å²) in [6.45, 7) is 0.965. The number of benzene rings is 2. The van der Waals surface area contributed by atoms with Crippen LogP contribution in [0, 0.1) is 5.82 Å². The van der Waals surface area contributed by atoms with Gasteiger partial charge >= 0.3 is 10.2 Å². The molecule has 0 unspecified atom stereocenters. The van der Waals surface area contributed by atoms with Crippen molar-refractivity contribution >= 4 is 50.9 Å². The van der Waals surface area contributed by atoms with Crippen molar-refractivity contribution < 1.29 is 22.4 Å². The second kappa shape index (κ2) is 11.8. The van der Waals surface area contributed by atoms with Gasteiger partial charge in [-0.1, -0.05) is 36.2 Å². The predicted molar refractivity (Wildman–Crippen MR) is 132 cm³/mol. The van der Waals surface area contributed by atoms with E-state index in [4.69, 9.17) is 23.2 Å². The zero-order valence-electron chi connectivity index (χ0n) is 19.3. The monoisotopic (exact) mass is 532 g/mol. The molecule has 2 aromatic rings. The molecule has 0 bridgehead atoms. The zero-order valence-corrected chi connectivity index (χ0v) is 21.6. The van der Waals surface area contributed by atoms with Gasteiger partial charge in [0, 0.05) is 43.3 Å². The Kier molecular flexibility index (Phi) is 9.69. The second-order valence-electron chi connectivity index (χ2n) is 7.53. The van der Waals surface area contributed by atoms with Crippen molar-refractivity contribution in [3.8, 4) is 0 Å². The van der Waals surface area contributed by atoms with E-state index in [1.807, 2.05) is 0 Å². The molecule has 1 atom stereocenters. The molecule has 2 rings (SSSR count). The molecule has 34 heavy (non-hydrogen) atoms. The third kappa shape index (κ3) is 6.38. The van der Waals surface area contributed by atoms with Crippen LogP contribution in [0.5, 0.6) is 0 Å². The minimum Gasteiger partial charge on any atom is -0.357 e. The van der Waals surface area contributed by atoms with Crippen molar-refractivity contribution in [2.75, 3.05) is 32.0 Å². The first-order chi connectivity index (χ1) is 15.9. The fraction of sp³-hybridized carbons (Fsp3) is 0.364. The number of anilines is 1.